The number of benzene rings is 2. The van der Waals surface area contributed by atoms with E-state index in [1.165, 1.54) is 0 Å². The molecule has 2 aromatic carbocycles. The fraction of sp³-hybridized carbons (Fsp3) is 0.500. The van der Waals surface area contributed by atoms with Gasteiger partial charge < -0.3 is 35.5 Å². The van der Waals surface area contributed by atoms with E-state index in [0.29, 0.717) is 57.2 Å². The molecule has 3 aromatic rings. The van der Waals surface area contributed by atoms with Crippen molar-refractivity contribution in [2.24, 2.45) is 5.41 Å². The molecule has 2 heterocycles. The van der Waals surface area contributed by atoms with Gasteiger partial charge in [-0.15, -0.1) is 11.3 Å². The predicted octanol–water partition coefficient (Wildman–Crippen LogP) is 4.98. The maximum absolute atomic E-state index is 13.7. The number of ether oxygens (including phenoxy) is 3. The smallest absolute Gasteiger partial charge is 0.246 e. The topological polar surface area (TPSA) is 145 Å². The predicted molar refractivity (Wildman–Crippen MR) is 190 cm³/mol. The van der Waals surface area contributed by atoms with Crippen LogP contribution in [0.3, 0.4) is 0 Å². The second-order valence-electron chi connectivity index (χ2n) is 12.3. The van der Waals surface area contributed by atoms with Crippen molar-refractivity contribution in [3.63, 3.8) is 0 Å². The lowest BCUT2D eigenvalue weighted by Gasteiger charge is -2.35. The van der Waals surface area contributed by atoms with Crippen molar-refractivity contribution < 1.29 is 28.6 Å². The van der Waals surface area contributed by atoms with Gasteiger partial charge in [-0.3, -0.25) is 14.4 Å². The first-order chi connectivity index (χ1) is 23.0. The summed E-state index contributed by atoms with van der Waals surface area (Å²) in [6.45, 7) is 13.5. The van der Waals surface area contributed by atoms with Crippen LogP contribution in [0.15, 0.2) is 54.0 Å². The molecule has 4 rings (SSSR count). The minimum atomic E-state index is -0.818. The van der Waals surface area contributed by atoms with Crippen LogP contribution < -0.4 is 21.1 Å². The van der Waals surface area contributed by atoms with Crippen LogP contribution >= 0.6 is 11.3 Å². The molecule has 2 unspecified atom stereocenters. The number of amides is 3. The highest BCUT2D eigenvalue weighted by atomic mass is 32.1. The van der Waals surface area contributed by atoms with Gasteiger partial charge in [-0.1, -0.05) is 58.9 Å². The van der Waals surface area contributed by atoms with Crippen LogP contribution in [-0.4, -0.2) is 79.3 Å². The van der Waals surface area contributed by atoms with Gasteiger partial charge in [0.1, 0.15) is 31.0 Å². The lowest BCUT2D eigenvalue weighted by atomic mass is 9.85. The molecule has 0 saturated carbocycles. The maximum Gasteiger partial charge on any atom is 0.246 e. The molecule has 1 aliphatic rings. The number of hydrogen-bond donors (Lipinski definition) is 3. The molecule has 1 aliphatic heterocycles. The molecule has 11 nitrogen and oxygen atoms in total. The average molecular weight is 682 g/mol. The summed E-state index contributed by atoms with van der Waals surface area (Å²) >= 11 is 1.60. The summed E-state index contributed by atoms with van der Waals surface area (Å²) in [4.78, 5) is 46.8. The Balaban J connectivity index is 0.00000307. The van der Waals surface area contributed by atoms with Gasteiger partial charge in [0.2, 0.25) is 17.7 Å². The van der Waals surface area contributed by atoms with E-state index in [4.69, 9.17) is 19.9 Å². The van der Waals surface area contributed by atoms with E-state index in [0.717, 1.165) is 21.7 Å². The molecule has 1 aromatic heterocycles. The van der Waals surface area contributed by atoms with Gasteiger partial charge >= 0.3 is 0 Å². The van der Waals surface area contributed by atoms with Crippen LogP contribution in [0.2, 0.25) is 0 Å². The van der Waals surface area contributed by atoms with Gasteiger partial charge in [0, 0.05) is 18.8 Å². The van der Waals surface area contributed by atoms with E-state index < -0.39 is 23.4 Å². The first-order valence-electron chi connectivity index (χ1n) is 16.5. The van der Waals surface area contributed by atoms with Crippen molar-refractivity contribution in [1.29, 1.82) is 0 Å². The number of carbonyl (C=O) groups is 3. The molecule has 48 heavy (non-hydrogen) atoms. The number of nitrogens with one attached hydrogen (secondary N) is 2. The first-order valence-corrected chi connectivity index (χ1v) is 17.4. The van der Waals surface area contributed by atoms with Crippen LogP contribution in [0, 0.1) is 12.3 Å². The number of nitrogen functional groups attached to an aromatic ring is 1. The lowest BCUT2D eigenvalue weighted by molar-refractivity contribution is -0.144. The highest BCUT2D eigenvalue weighted by Gasteiger charge is 2.41. The Bertz CT molecular complexity index is 1440. The molecule has 1 saturated heterocycles. The Labute approximate surface area is 288 Å². The molecule has 2 atom stereocenters. The third-order valence-corrected chi connectivity index (χ3v) is 8.64. The third-order valence-electron chi connectivity index (χ3n) is 7.67. The zero-order valence-corrected chi connectivity index (χ0v) is 29.9. The molecule has 1 fully saturated rings. The fourth-order valence-corrected chi connectivity index (χ4v) is 5.96. The zero-order chi connectivity index (χ0) is 35.1. The number of rotatable bonds is 15. The van der Waals surface area contributed by atoms with Crippen LogP contribution in [-0.2, 0) is 30.4 Å². The second-order valence-corrected chi connectivity index (χ2v) is 13.2. The van der Waals surface area contributed by atoms with E-state index in [1.807, 2.05) is 71.3 Å². The van der Waals surface area contributed by atoms with Crippen molar-refractivity contribution in [2.75, 3.05) is 45.3 Å². The van der Waals surface area contributed by atoms with Gasteiger partial charge in [0.25, 0.3) is 0 Å². The first kappa shape index (κ1) is 38.4. The van der Waals surface area contributed by atoms with E-state index in [1.54, 1.807) is 40.5 Å². The lowest BCUT2D eigenvalue weighted by Crippen LogP contribution is -2.58. The van der Waals surface area contributed by atoms with E-state index in [2.05, 4.69) is 15.6 Å². The minimum Gasteiger partial charge on any atom is -0.491 e. The molecular weight excluding hydrogens is 630 g/mol. The zero-order valence-electron chi connectivity index (χ0n) is 29.0. The van der Waals surface area contributed by atoms with Crippen molar-refractivity contribution >= 4 is 34.7 Å². The molecule has 0 bridgehead atoms. The second kappa shape index (κ2) is 19.1. The van der Waals surface area contributed by atoms with Crippen molar-refractivity contribution in [3.05, 3.63) is 65.3 Å². The van der Waals surface area contributed by atoms with Crippen LogP contribution in [0.5, 0.6) is 5.75 Å². The van der Waals surface area contributed by atoms with E-state index >= 15 is 0 Å². The van der Waals surface area contributed by atoms with Crippen molar-refractivity contribution in [1.82, 2.24) is 20.5 Å². The molecule has 0 aliphatic carbocycles. The van der Waals surface area contributed by atoms with Crippen molar-refractivity contribution in [3.8, 4) is 16.2 Å². The number of aromatic nitrogens is 1. The molecule has 262 valence electrons. The largest absolute Gasteiger partial charge is 0.491 e. The molecule has 0 spiro atoms. The summed E-state index contributed by atoms with van der Waals surface area (Å²) in [5, 5.41) is 5.84. The minimum absolute atomic E-state index is 0.200. The number of nitrogens with two attached hydrogens (primary N) is 1. The van der Waals surface area contributed by atoms with Crippen molar-refractivity contribution in [2.45, 2.75) is 73.0 Å². The summed E-state index contributed by atoms with van der Waals surface area (Å²) in [6, 6.07) is 13.7. The van der Waals surface area contributed by atoms with Gasteiger partial charge in [0.05, 0.1) is 35.9 Å². The van der Waals surface area contributed by atoms with Gasteiger partial charge in [-0.05, 0) is 60.6 Å². The average Bonchev–Trinajstić information content (AvgIpc) is 3.74. The summed E-state index contributed by atoms with van der Waals surface area (Å²) in [5.74, 6) is -0.169. The Morgan fingerprint density at radius 2 is 1.67 bits per heavy atom. The highest BCUT2D eigenvalue weighted by molar-refractivity contribution is 7.13. The van der Waals surface area contributed by atoms with Crippen LogP contribution in [0.4, 0.5) is 5.69 Å². The standard InChI is InChI=1S/C34H45N5O6S.C2H6/c1-23-30(46-22-37-23)25-9-7-24(8-10-25)20-36-32(41)28-6-5-15-39(28)33(42)31(34(2,3)4)38-29(40)21-44-17-16-43-18-19-45-27-13-11-26(35)12-14-27;1-2/h7-14,22,28,31H,5-6,15-21,35H2,1-4H3,(H,36,41)(H,38,40);1-2H3. The number of nitrogens with zero attached hydrogens (tertiary/aromatic N) is 2. The van der Waals surface area contributed by atoms with E-state index in [-0.39, 0.29) is 25.0 Å². The Morgan fingerprint density at radius 1 is 1.00 bits per heavy atom. The van der Waals surface area contributed by atoms with Crippen LogP contribution in [0.25, 0.3) is 10.4 Å². The quantitative estimate of drug-likeness (QED) is 0.151. The number of aryl methyl sites for hydroxylation is 1. The fourth-order valence-electron chi connectivity index (χ4n) is 5.15. The van der Waals surface area contributed by atoms with Crippen LogP contribution in [0.1, 0.15) is 58.7 Å². The number of anilines is 1. The monoisotopic (exact) mass is 681 g/mol. The SMILES string of the molecule is CC.Cc1ncsc1-c1ccc(CNC(=O)C2CCCN2C(=O)C(NC(=O)COCCOCCOc2ccc(N)cc2)C(C)(C)C)cc1. The summed E-state index contributed by atoms with van der Waals surface area (Å²) in [7, 11) is 0. The number of carbonyl (C=O) groups excluding carboxylic acids is 3. The Hall–Kier alpha value is -4.00. The van der Waals surface area contributed by atoms with Gasteiger partial charge in [-0.2, -0.15) is 0 Å². The summed E-state index contributed by atoms with van der Waals surface area (Å²) < 4.78 is 16.6. The third kappa shape index (κ3) is 11.6. The maximum atomic E-state index is 13.7. The van der Waals surface area contributed by atoms with E-state index in [9.17, 15) is 14.4 Å². The summed E-state index contributed by atoms with van der Waals surface area (Å²) in [6.07, 6.45) is 1.28. The number of hydrogen-bond acceptors (Lipinski definition) is 9. The molecule has 0 radical (unpaired) electrons. The van der Waals surface area contributed by atoms with Gasteiger partial charge in [0.15, 0.2) is 0 Å². The number of thiazole rings is 1. The molecule has 3 amide bonds. The normalized spacial score (nSPS) is 14.9. The molecule has 4 N–H and O–H groups in total. The molecule has 12 heteroatoms. The molecular formula is C36H51N5O6S. The van der Waals surface area contributed by atoms with Gasteiger partial charge in [-0.25, -0.2) is 4.98 Å². The number of likely N-dealkylation sites (tertiary alicyclic amines) is 1. The Morgan fingerprint density at radius 3 is 2.31 bits per heavy atom. The Kier molecular flexibility index (Phi) is 15.3. The summed E-state index contributed by atoms with van der Waals surface area (Å²) in [5.41, 5.74) is 10.6. The highest BCUT2D eigenvalue weighted by Crippen LogP contribution is 2.28.